The van der Waals surface area contributed by atoms with Gasteiger partial charge in [0.25, 0.3) is 0 Å². The molecule has 2 saturated heterocycles. The van der Waals surface area contributed by atoms with Gasteiger partial charge in [-0.2, -0.15) is 0 Å². The van der Waals surface area contributed by atoms with E-state index in [0.29, 0.717) is 5.02 Å². The maximum Gasteiger partial charge on any atom is 0.225 e. The minimum Gasteiger partial charge on any atom is -0.341 e. The van der Waals surface area contributed by atoms with E-state index in [4.69, 9.17) is 21.6 Å². The quantitative estimate of drug-likeness (QED) is 0.604. The topological polar surface area (TPSA) is 58.0 Å². The summed E-state index contributed by atoms with van der Waals surface area (Å²) in [7, 11) is 0. The molecule has 2 aliphatic heterocycles. The number of rotatable bonds is 5. The van der Waals surface area contributed by atoms with Crippen LogP contribution in [0.5, 0.6) is 0 Å². The normalized spacial score (nSPS) is 19.5. The van der Waals surface area contributed by atoms with Crippen molar-refractivity contribution in [2.45, 2.75) is 38.3 Å². The van der Waals surface area contributed by atoms with Gasteiger partial charge < -0.3 is 4.90 Å². The Morgan fingerprint density at radius 2 is 1.80 bits per heavy atom. The van der Waals surface area contributed by atoms with Crippen LogP contribution in [0.2, 0.25) is 5.02 Å². The number of anilines is 1. The van der Waals surface area contributed by atoms with Crippen molar-refractivity contribution in [1.29, 1.82) is 0 Å². The minimum absolute atomic E-state index is 0.274. The van der Waals surface area contributed by atoms with Crippen molar-refractivity contribution in [2.24, 2.45) is 0 Å². The van der Waals surface area contributed by atoms with Crippen LogP contribution in [0.4, 0.5) is 5.95 Å². The molecule has 2 aliphatic rings. The Balaban J connectivity index is 1.36. The third-order valence-corrected chi connectivity index (χ3v) is 6.15. The second kappa shape index (κ2) is 8.66. The number of aromatic nitrogens is 4. The van der Waals surface area contributed by atoms with Crippen LogP contribution in [0.1, 0.15) is 43.1 Å². The van der Waals surface area contributed by atoms with Crippen LogP contribution in [0.25, 0.3) is 11.4 Å². The predicted octanol–water partition coefficient (Wildman–Crippen LogP) is 4.52. The summed E-state index contributed by atoms with van der Waals surface area (Å²) in [6.07, 6.45) is 8.45. The molecule has 0 bridgehead atoms. The van der Waals surface area contributed by atoms with Crippen LogP contribution in [0, 0.1) is 0 Å². The maximum absolute atomic E-state index is 6.16. The SMILES string of the molecule is Clc1cccc(-c2nccc(C3CCCN3Cc3ccnc(N4CCCC4)n3)n2)c1. The van der Waals surface area contributed by atoms with Gasteiger partial charge in [-0.15, -0.1) is 0 Å². The van der Waals surface area contributed by atoms with Gasteiger partial charge in [-0.05, 0) is 56.5 Å². The number of hydrogen-bond acceptors (Lipinski definition) is 6. The molecule has 154 valence electrons. The summed E-state index contributed by atoms with van der Waals surface area (Å²) in [6, 6.07) is 12.1. The molecule has 6 nitrogen and oxygen atoms in total. The zero-order valence-corrected chi connectivity index (χ0v) is 17.7. The molecule has 0 spiro atoms. The van der Waals surface area contributed by atoms with E-state index in [2.05, 4.69) is 19.8 Å². The van der Waals surface area contributed by atoms with E-state index in [0.717, 1.165) is 67.7 Å². The number of nitrogens with zero attached hydrogens (tertiary/aromatic N) is 6. The lowest BCUT2D eigenvalue weighted by molar-refractivity contribution is 0.241. The zero-order valence-electron chi connectivity index (χ0n) is 16.9. The fourth-order valence-electron chi connectivity index (χ4n) is 4.43. The van der Waals surface area contributed by atoms with Gasteiger partial charge in [0.2, 0.25) is 5.95 Å². The van der Waals surface area contributed by atoms with Crippen molar-refractivity contribution < 1.29 is 0 Å². The van der Waals surface area contributed by atoms with E-state index in [9.17, 15) is 0 Å². The lowest BCUT2D eigenvalue weighted by atomic mass is 10.1. The number of halogens is 1. The van der Waals surface area contributed by atoms with Crippen LogP contribution < -0.4 is 4.90 Å². The number of benzene rings is 1. The largest absolute Gasteiger partial charge is 0.341 e. The van der Waals surface area contributed by atoms with E-state index in [-0.39, 0.29) is 6.04 Å². The van der Waals surface area contributed by atoms with Crippen LogP contribution in [0.3, 0.4) is 0 Å². The highest BCUT2D eigenvalue weighted by Crippen LogP contribution is 2.33. The molecule has 1 unspecified atom stereocenters. The van der Waals surface area contributed by atoms with Crippen LogP contribution >= 0.6 is 11.6 Å². The van der Waals surface area contributed by atoms with Crippen molar-refractivity contribution in [3.63, 3.8) is 0 Å². The van der Waals surface area contributed by atoms with Gasteiger partial charge in [0, 0.05) is 42.6 Å². The Morgan fingerprint density at radius 1 is 0.933 bits per heavy atom. The molecule has 0 saturated carbocycles. The first-order valence-electron chi connectivity index (χ1n) is 10.7. The van der Waals surface area contributed by atoms with Crippen LogP contribution in [-0.4, -0.2) is 44.5 Å². The summed E-state index contributed by atoms with van der Waals surface area (Å²) >= 11 is 6.16. The molecule has 0 aliphatic carbocycles. The second-order valence-electron chi connectivity index (χ2n) is 7.99. The highest BCUT2D eigenvalue weighted by atomic mass is 35.5. The Hall–Kier alpha value is -2.57. The average molecular weight is 421 g/mol. The lowest BCUT2D eigenvalue weighted by Crippen LogP contribution is -2.25. The molecule has 3 aromatic rings. The van der Waals surface area contributed by atoms with Crippen molar-refractivity contribution >= 4 is 17.5 Å². The van der Waals surface area contributed by atoms with E-state index < -0.39 is 0 Å². The molecule has 1 aromatic carbocycles. The Morgan fingerprint density at radius 3 is 2.67 bits per heavy atom. The summed E-state index contributed by atoms with van der Waals surface area (Å²) < 4.78 is 0. The molecule has 2 aromatic heterocycles. The number of likely N-dealkylation sites (tertiary alicyclic amines) is 1. The molecule has 0 amide bonds. The van der Waals surface area contributed by atoms with Gasteiger partial charge in [-0.3, -0.25) is 4.90 Å². The molecule has 1 atom stereocenters. The highest BCUT2D eigenvalue weighted by Gasteiger charge is 2.28. The molecule has 4 heterocycles. The molecule has 30 heavy (non-hydrogen) atoms. The summed E-state index contributed by atoms with van der Waals surface area (Å²) in [5.74, 6) is 1.59. The number of hydrogen-bond donors (Lipinski definition) is 0. The molecule has 5 rings (SSSR count). The summed E-state index contributed by atoms with van der Waals surface area (Å²) in [5.41, 5.74) is 3.08. The second-order valence-corrected chi connectivity index (χ2v) is 8.42. The van der Waals surface area contributed by atoms with Crippen LogP contribution in [-0.2, 0) is 6.54 Å². The fraction of sp³-hybridized carbons (Fsp3) is 0.391. The maximum atomic E-state index is 6.16. The van der Waals surface area contributed by atoms with Gasteiger partial charge >= 0.3 is 0 Å². The summed E-state index contributed by atoms with van der Waals surface area (Å²) in [4.78, 5) is 23.5. The van der Waals surface area contributed by atoms with E-state index in [1.54, 1.807) is 0 Å². The van der Waals surface area contributed by atoms with Crippen molar-refractivity contribution in [3.8, 4) is 11.4 Å². The van der Waals surface area contributed by atoms with Crippen molar-refractivity contribution in [2.75, 3.05) is 24.5 Å². The monoisotopic (exact) mass is 420 g/mol. The first kappa shape index (κ1) is 19.4. The van der Waals surface area contributed by atoms with E-state index in [1.807, 2.05) is 48.8 Å². The van der Waals surface area contributed by atoms with E-state index in [1.165, 1.54) is 12.8 Å². The first-order valence-corrected chi connectivity index (χ1v) is 11.0. The first-order chi connectivity index (χ1) is 14.8. The smallest absolute Gasteiger partial charge is 0.225 e. The van der Waals surface area contributed by atoms with Crippen molar-refractivity contribution in [3.05, 3.63) is 65.2 Å². The standard InChI is InChI=1S/C23H25ClN6/c24-18-6-3-5-17(15-18)22-25-11-9-20(28-22)21-7-4-14-30(21)16-19-8-10-26-23(27-19)29-12-1-2-13-29/h3,5-6,8-11,15,21H,1-2,4,7,12-14,16H2. The predicted molar refractivity (Wildman–Crippen MR) is 118 cm³/mol. The molecule has 2 fully saturated rings. The minimum atomic E-state index is 0.274. The van der Waals surface area contributed by atoms with Gasteiger partial charge in [0.05, 0.1) is 17.4 Å². The van der Waals surface area contributed by atoms with E-state index >= 15 is 0 Å². The zero-order chi connectivity index (χ0) is 20.3. The van der Waals surface area contributed by atoms with Gasteiger partial charge in [-0.25, -0.2) is 19.9 Å². The molecule has 0 N–H and O–H groups in total. The van der Waals surface area contributed by atoms with Crippen molar-refractivity contribution in [1.82, 2.24) is 24.8 Å². The molecule has 7 heteroatoms. The Labute approximate surface area is 182 Å². The molecular formula is C23H25ClN6. The van der Waals surface area contributed by atoms with Crippen LogP contribution in [0.15, 0.2) is 48.8 Å². The summed E-state index contributed by atoms with van der Waals surface area (Å²) in [6.45, 7) is 3.97. The Kier molecular flexibility index (Phi) is 5.60. The third-order valence-electron chi connectivity index (χ3n) is 5.92. The van der Waals surface area contributed by atoms with Gasteiger partial charge in [0.1, 0.15) is 0 Å². The average Bonchev–Trinajstić information content (AvgIpc) is 3.47. The fourth-order valence-corrected chi connectivity index (χ4v) is 4.62. The molecule has 0 radical (unpaired) electrons. The Bertz CT molecular complexity index is 1020. The van der Waals surface area contributed by atoms with Gasteiger partial charge in [0.15, 0.2) is 5.82 Å². The highest BCUT2D eigenvalue weighted by molar-refractivity contribution is 6.30. The van der Waals surface area contributed by atoms with Gasteiger partial charge in [-0.1, -0.05) is 23.7 Å². The summed E-state index contributed by atoms with van der Waals surface area (Å²) in [5, 5.41) is 0.696. The molecular weight excluding hydrogens is 396 g/mol. The third kappa shape index (κ3) is 4.16. The lowest BCUT2D eigenvalue weighted by Gasteiger charge is -2.24.